The minimum Gasteiger partial charge on any atom is -0.425 e. The summed E-state index contributed by atoms with van der Waals surface area (Å²) < 4.78 is 89.2. The highest BCUT2D eigenvalue weighted by atomic mass is 19.4. The van der Waals surface area contributed by atoms with E-state index >= 15 is 0 Å². The first-order valence-electron chi connectivity index (χ1n) is 10.6. The fraction of sp³-hybridized carbons (Fsp3) is 0.800. The van der Waals surface area contributed by atoms with Crippen molar-refractivity contribution in [3.8, 4) is 0 Å². The van der Waals surface area contributed by atoms with Crippen LogP contribution in [0.1, 0.15) is 78.1 Å². The SMILES string of the molecule is CC(OC(=O)CCCCCCCCCCC(=O)OC(C)OC(=O)C(F)(F)F)OC(=O)C(F)(F)F. The van der Waals surface area contributed by atoms with Gasteiger partial charge in [0.2, 0.25) is 12.6 Å². The second-order valence-electron chi connectivity index (χ2n) is 7.25. The van der Waals surface area contributed by atoms with Gasteiger partial charge in [0.05, 0.1) is 0 Å². The van der Waals surface area contributed by atoms with Crippen molar-refractivity contribution in [1.82, 2.24) is 0 Å². The number of hydrogen-bond donors (Lipinski definition) is 0. The molecule has 0 radical (unpaired) electrons. The molecule has 0 aliphatic rings. The van der Waals surface area contributed by atoms with Crippen molar-refractivity contribution >= 4 is 23.9 Å². The Morgan fingerprint density at radius 2 is 0.794 bits per heavy atom. The molecule has 198 valence electrons. The zero-order valence-electron chi connectivity index (χ0n) is 18.8. The van der Waals surface area contributed by atoms with E-state index in [4.69, 9.17) is 0 Å². The second-order valence-corrected chi connectivity index (χ2v) is 7.25. The van der Waals surface area contributed by atoms with Crippen LogP contribution in [0.3, 0.4) is 0 Å². The summed E-state index contributed by atoms with van der Waals surface area (Å²) in [6, 6.07) is 0. The standard InChI is InChI=1S/C20H28F6O8/c1-13(33-17(29)19(21,22)23)31-15(27)11-9-7-5-3-4-6-8-10-12-16(28)32-14(2)34-18(30)20(24,25)26/h13-14H,3-12H2,1-2H3. The quantitative estimate of drug-likeness (QED) is 0.133. The van der Waals surface area contributed by atoms with Crippen LogP contribution in [-0.4, -0.2) is 48.8 Å². The number of alkyl halides is 6. The van der Waals surface area contributed by atoms with Crippen LogP contribution in [0.2, 0.25) is 0 Å². The normalized spacial score (nSPS) is 13.5. The first kappa shape index (κ1) is 31.5. The van der Waals surface area contributed by atoms with E-state index in [0.29, 0.717) is 25.7 Å². The zero-order chi connectivity index (χ0) is 26.4. The number of rotatable bonds is 15. The Bertz CT molecular complexity index is 606. The van der Waals surface area contributed by atoms with E-state index in [1.807, 2.05) is 0 Å². The smallest absolute Gasteiger partial charge is 0.425 e. The summed E-state index contributed by atoms with van der Waals surface area (Å²) in [5.74, 6) is -6.44. The Morgan fingerprint density at radius 1 is 0.529 bits per heavy atom. The average Bonchev–Trinajstić information content (AvgIpc) is 2.67. The van der Waals surface area contributed by atoms with Gasteiger partial charge in [-0.05, 0) is 12.8 Å². The number of carbonyl (C=O) groups excluding carboxylic acids is 4. The molecule has 2 atom stereocenters. The third-order valence-corrected chi connectivity index (χ3v) is 4.12. The fourth-order valence-electron chi connectivity index (χ4n) is 2.57. The van der Waals surface area contributed by atoms with Gasteiger partial charge in [0, 0.05) is 26.7 Å². The Balaban J connectivity index is 3.68. The molecular weight excluding hydrogens is 482 g/mol. The molecule has 2 unspecified atom stereocenters. The maximum Gasteiger partial charge on any atom is 0.491 e. The molecule has 0 fully saturated rings. The monoisotopic (exact) mass is 510 g/mol. The summed E-state index contributed by atoms with van der Waals surface area (Å²) in [5.41, 5.74) is 0. The van der Waals surface area contributed by atoms with Gasteiger partial charge in [0.25, 0.3) is 0 Å². The molecule has 8 nitrogen and oxygen atoms in total. The number of unbranched alkanes of at least 4 members (excludes halogenated alkanes) is 7. The van der Waals surface area contributed by atoms with E-state index in [0.717, 1.165) is 39.5 Å². The Kier molecular flexibility index (Phi) is 14.2. The molecule has 0 aliphatic carbocycles. The maximum absolute atomic E-state index is 12.0. The van der Waals surface area contributed by atoms with Crippen molar-refractivity contribution in [1.29, 1.82) is 0 Å². The van der Waals surface area contributed by atoms with E-state index < -0.39 is 48.8 Å². The molecular formula is C20H28F6O8. The minimum atomic E-state index is -5.17. The molecule has 0 aromatic carbocycles. The van der Waals surface area contributed by atoms with Crippen molar-refractivity contribution in [2.45, 2.75) is 103 Å². The lowest BCUT2D eigenvalue weighted by Gasteiger charge is -2.15. The van der Waals surface area contributed by atoms with E-state index in [1.165, 1.54) is 0 Å². The highest BCUT2D eigenvalue weighted by Crippen LogP contribution is 2.19. The van der Waals surface area contributed by atoms with Crippen molar-refractivity contribution < 1.29 is 64.5 Å². The van der Waals surface area contributed by atoms with Gasteiger partial charge in [-0.25, -0.2) is 9.59 Å². The fourth-order valence-corrected chi connectivity index (χ4v) is 2.57. The summed E-state index contributed by atoms with van der Waals surface area (Å²) in [4.78, 5) is 44.2. The summed E-state index contributed by atoms with van der Waals surface area (Å²) >= 11 is 0. The molecule has 0 aromatic rings. The summed E-state index contributed by atoms with van der Waals surface area (Å²) in [5, 5.41) is 0. The van der Waals surface area contributed by atoms with E-state index in [1.54, 1.807) is 0 Å². The van der Waals surface area contributed by atoms with Crippen LogP contribution < -0.4 is 0 Å². The molecule has 0 amide bonds. The third kappa shape index (κ3) is 16.1. The Morgan fingerprint density at radius 3 is 1.06 bits per heavy atom. The largest absolute Gasteiger partial charge is 0.491 e. The lowest BCUT2D eigenvalue weighted by molar-refractivity contribution is -0.223. The topological polar surface area (TPSA) is 105 Å². The number of ether oxygens (including phenoxy) is 4. The Labute approximate surface area is 192 Å². The van der Waals surface area contributed by atoms with E-state index in [9.17, 15) is 45.5 Å². The summed E-state index contributed by atoms with van der Waals surface area (Å²) in [6.45, 7) is 2.01. The van der Waals surface area contributed by atoms with Gasteiger partial charge < -0.3 is 18.9 Å². The van der Waals surface area contributed by atoms with Crippen molar-refractivity contribution in [3.63, 3.8) is 0 Å². The van der Waals surface area contributed by atoms with Crippen LogP contribution in [0.4, 0.5) is 26.3 Å². The first-order chi connectivity index (χ1) is 15.6. The number of hydrogen-bond acceptors (Lipinski definition) is 8. The van der Waals surface area contributed by atoms with Crippen LogP contribution in [0.15, 0.2) is 0 Å². The molecule has 0 N–H and O–H groups in total. The van der Waals surface area contributed by atoms with Gasteiger partial charge in [-0.15, -0.1) is 0 Å². The second kappa shape index (κ2) is 15.4. The molecule has 34 heavy (non-hydrogen) atoms. The minimum absolute atomic E-state index is 0.0350. The highest BCUT2D eigenvalue weighted by molar-refractivity contribution is 5.76. The molecule has 0 saturated heterocycles. The average molecular weight is 510 g/mol. The van der Waals surface area contributed by atoms with E-state index in [-0.39, 0.29) is 12.8 Å². The van der Waals surface area contributed by atoms with Gasteiger partial charge in [0.1, 0.15) is 0 Å². The van der Waals surface area contributed by atoms with Crippen LogP contribution in [0, 0.1) is 0 Å². The lowest BCUT2D eigenvalue weighted by atomic mass is 10.1. The number of halogens is 6. The summed E-state index contributed by atoms with van der Waals surface area (Å²) in [7, 11) is 0. The molecule has 0 saturated carbocycles. The predicted molar refractivity (Wildman–Crippen MR) is 102 cm³/mol. The van der Waals surface area contributed by atoms with Crippen molar-refractivity contribution in [2.24, 2.45) is 0 Å². The van der Waals surface area contributed by atoms with Gasteiger partial charge in [-0.2, -0.15) is 26.3 Å². The van der Waals surface area contributed by atoms with Crippen LogP contribution in [0.25, 0.3) is 0 Å². The van der Waals surface area contributed by atoms with Crippen molar-refractivity contribution in [3.05, 3.63) is 0 Å². The Hall–Kier alpha value is -2.54. The number of carbonyl (C=O) groups is 4. The van der Waals surface area contributed by atoms with E-state index in [2.05, 4.69) is 18.9 Å². The third-order valence-electron chi connectivity index (χ3n) is 4.12. The predicted octanol–water partition coefficient (Wildman–Crippen LogP) is 4.88. The molecule has 0 aliphatic heterocycles. The molecule has 0 aromatic heterocycles. The van der Waals surface area contributed by atoms with Crippen LogP contribution >= 0.6 is 0 Å². The van der Waals surface area contributed by atoms with Gasteiger partial charge in [0.15, 0.2) is 0 Å². The summed E-state index contributed by atoms with van der Waals surface area (Å²) in [6.07, 6.45) is -8.20. The lowest BCUT2D eigenvalue weighted by Crippen LogP contribution is -2.31. The first-order valence-corrected chi connectivity index (χ1v) is 10.6. The van der Waals surface area contributed by atoms with Gasteiger partial charge in [-0.1, -0.05) is 38.5 Å². The zero-order valence-corrected chi connectivity index (χ0v) is 18.8. The van der Waals surface area contributed by atoms with Crippen molar-refractivity contribution in [2.75, 3.05) is 0 Å². The molecule has 14 heteroatoms. The molecule has 0 bridgehead atoms. The number of esters is 4. The van der Waals surface area contributed by atoms with Crippen LogP contribution in [0.5, 0.6) is 0 Å². The van der Waals surface area contributed by atoms with Gasteiger partial charge >= 0.3 is 36.2 Å². The molecule has 0 heterocycles. The molecule has 0 spiro atoms. The molecule has 0 rings (SSSR count). The highest BCUT2D eigenvalue weighted by Gasteiger charge is 2.43. The van der Waals surface area contributed by atoms with Gasteiger partial charge in [-0.3, -0.25) is 9.59 Å². The van der Waals surface area contributed by atoms with Crippen LogP contribution in [-0.2, 0) is 38.1 Å². The maximum atomic E-state index is 12.0.